The molecule has 1 aromatic heterocycles. The Hall–Kier alpha value is -2.87. The minimum Gasteiger partial charge on any atom is -0.321 e. The first-order valence-corrected chi connectivity index (χ1v) is 8.69. The second kappa shape index (κ2) is 7.27. The first-order valence-electron chi connectivity index (χ1n) is 8.31. The molecule has 0 spiro atoms. The molecule has 1 heterocycles. The van der Waals surface area contributed by atoms with Gasteiger partial charge in [-0.3, -0.25) is 9.59 Å². The van der Waals surface area contributed by atoms with Gasteiger partial charge in [-0.1, -0.05) is 11.6 Å². The van der Waals surface area contributed by atoms with E-state index in [1.807, 2.05) is 6.92 Å². The number of anilines is 1. The molecule has 1 N–H and O–H groups in total. The summed E-state index contributed by atoms with van der Waals surface area (Å²) in [5.41, 5.74) is 0.534. The number of alkyl halides is 3. The van der Waals surface area contributed by atoms with E-state index >= 15 is 0 Å². The molecule has 0 saturated heterocycles. The number of benzene rings is 2. The Morgan fingerprint density at radius 1 is 1.21 bits per heavy atom. The van der Waals surface area contributed by atoms with Crippen LogP contribution < -0.4 is 10.9 Å². The average Bonchev–Trinajstić information content (AvgIpc) is 2.63. The molecule has 3 aromatic rings. The van der Waals surface area contributed by atoms with Gasteiger partial charge < -0.3 is 9.88 Å². The summed E-state index contributed by atoms with van der Waals surface area (Å²) in [6.45, 7) is 3.86. The van der Waals surface area contributed by atoms with Gasteiger partial charge in [0.15, 0.2) is 0 Å². The highest BCUT2D eigenvalue weighted by Crippen LogP contribution is 2.33. The fraction of sp³-hybridized carbons (Fsp3) is 0.211. The number of nitrogens with zero attached hydrogens (tertiary/aromatic N) is 2. The van der Waals surface area contributed by atoms with Crippen LogP contribution in [0.3, 0.4) is 0 Å². The number of hydrogen-bond acceptors (Lipinski definition) is 3. The Kier molecular flexibility index (Phi) is 5.16. The van der Waals surface area contributed by atoms with Crippen molar-refractivity contribution in [2.45, 2.75) is 26.6 Å². The Bertz CT molecular complexity index is 1140. The van der Waals surface area contributed by atoms with Crippen molar-refractivity contribution in [2.75, 3.05) is 5.32 Å². The summed E-state index contributed by atoms with van der Waals surface area (Å²) < 4.78 is 39.7. The molecule has 5 nitrogen and oxygen atoms in total. The van der Waals surface area contributed by atoms with Gasteiger partial charge in [-0.15, -0.1) is 0 Å². The Balaban J connectivity index is 1.94. The molecule has 9 heteroatoms. The van der Waals surface area contributed by atoms with Crippen molar-refractivity contribution in [1.82, 2.24) is 9.55 Å². The number of aromatic nitrogens is 2. The number of aryl methyl sites for hydroxylation is 2. The standard InChI is InChI=1S/C19H15ClF3N3O2/c1-3-26-16-7-4-11(8-15(16)24-10(2)18(26)28)17(27)25-14-6-5-12(9-13(14)20)19(21,22)23/h4-9H,3H2,1-2H3,(H,25,27). The third kappa shape index (κ3) is 3.73. The lowest BCUT2D eigenvalue weighted by atomic mass is 10.1. The highest BCUT2D eigenvalue weighted by atomic mass is 35.5. The van der Waals surface area contributed by atoms with Crippen molar-refractivity contribution < 1.29 is 18.0 Å². The molecule has 1 amide bonds. The van der Waals surface area contributed by atoms with Crippen LogP contribution in [-0.4, -0.2) is 15.5 Å². The first kappa shape index (κ1) is 19.9. The summed E-state index contributed by atoms with van der Waals surface area (Å²) in [5, 5.41) is 2.27. The average molecular weight is 410 g/mol. The number of carbonyl (C=O) groups excluding carboxylic acids is 1. The molecule has 0 atom stereocenters. The lowest BCUT2D eigenvalue weighted by Gasteiger charge is -2.12. The molecule has 28 heavy (non-hydrogen) atoms. The topological polar surface area (TPSA) is 64.0 Å². The van der Waals surface area contributed by atoms with E-state index in [9.17, 15) is 22.8 Å². The van der Waals surface area contributed by atoms with Gasteiger partial charge in [0.25, 0.3) is 11.5 Å². The van der Waals surface area contributed by atoms with Crippen molar-refractivity contribution in [2.24, 2.45) is 0 Å². The van der Waals surface area contributed by atoms with Crippen molar-refractivity contribution in [3.05, 3.63) is 68.6 Å². The molecule has 0 fully saturated rings. The van der Waals surface area contributed by atoms with E-state index in [-0.39, 0.29) is 21.8 Å². The van der Waals surface area contributed by atoms with E-state index < -0.39 is 17.6 Å². The Labute approximate surface area is 162 Å². The molecule has 0 aliphatic heterocycles. The maximum atomic E-state index is 12.7. The van der Waals surface area contributed by atoms with E-state index in [4.69, 9.17) is 11.6 Å². The third-order valence-electron chi connectivity index (χ3n) is 4.23. The maximum Gasteiger partial charge on any atom is 0.416 e. The molecule has 0 bridgehead atoms. The SMILES string of the molecule is CCn1c(=O)c(C)nc2cc(C(=O)Nc3ccc(C(F)(F)F)cc3Cl)ccc21. The molecule has 0 aliphatic rings. The number of amides is 1. The van der Waals surface area contributed by atoms with Crippen LogP contribution in [0.1, 0.15) is 28.5 Å². The molecule has 2 aromatic carbocycles. The van der Waals surface area contributed by atoms with Crippen LogP contribution in [0.4, 0.5) is 18.9 Å². The van der Waals surface area contributed by atoms with Gasteiger partial charge in [0.2, 0.25) is 0 Å². The van der Waals surface area contributed by atoms with Gasteiger partial charge in [0.1, 0.15) is 5.69 Å². The molecule has 0 unspecified atom stereocenters. The summed E-state index contributed by atoms with van der Waals surface area (Å²) in [7, 11) is 0. The molecule has 0 saturated carbocycles. The zero-order valence-electron chi connectivity index (χ0n) is 14.9. The van der Waals surface area contributed by atoms with Crippen LogP contribution >= 0.6 is 11.6 Å². The van der Waals surface area contributed by atoms with Crippen molar-refractivity contribution >= 4 is 34.2 Å². The van der Waals surface area contributed by atoms with Crippen molar-refractivity contribution in [3.8, 4) is 0 Å². The number of carbonyl (C=O) groups is 1. The zero-order valence-corrected chi connectivity index (χ0v) is 15.6. The van der Waals surface area contributed by atoms with Crippen LogP contribution in [0.5, 0.6) is 0 Å². The quantitative estimate of drug-likeness (QED) is 0.685. The summed E-state index contributed by atoms with van der Waals surface area (Å²) in [4.78, 5) is 28.9. The monoisotopic (exact) mass is 409 g/mol. The summed E-state index contributed by atoms with van der Waals surface area (Å²) in [6.07, 6.45) is -4.52. The van der Waals surface area contributed by atoms with Gasteiger partial charge in [-0.25, -0.2) is 4.98 Å². The predicted octanol–water partition coefficient (Wildman–Crippen LogP) is 4.65. The van der Waals surface area contributed by atoms with Gasteiger partial charge in [0, 0.05) is 12.1 Å². The fourth-order valence-corrected chi connectivity index (χ4v) is 3.04. The predicted molar refractivity (Wildman–Crippen MR) is 101 cm³/mol. The number of nitrogens with one attached hydrogen (secondary N) is 1. The number of hydrogen-bond donors (Lipinski definition) is 1. The Morgan fingerprint density at radius 3 is 2.54 bits per heavy atom. The largest absolute Gasteiger partial charge is 0.416 e. The van der Waals surface area contributed by atoms with E-state index in [2.05, 4.69) is 10.3 Å². The van der Waals surface area contributed by atoms with Gasteiger partial charge in [-0.2, -0.15) is 13.2 Å². The lowest BCUT2D eigenvalue weighted by Crippen LogP contribution is -2.23. The van der Waals surface area contributed by atoms with E-state index in [1.165, 1.54) is 12.1 Å². The van der Waals surface area contributed by atoms with Gasteiger partial charge >= 0.3 is 6.18 Å². The van der Waals surface area contributed by atoms with E-state index in [0.29, 0.717) is 23.3 Å². The summed E-state index contributed by atoms with van der Waals surface area (Å²) >= 11 is 5.87. The second-order valence-corrected chi connectivity index (χ2v) is 6.50. The molecular weight excluding hydrogens is 395 g/mol. The molecule has 0 radical (unpaired) electrons. The molecule has 146 valence electrons. The smallest absolute Gasteiger partial charge is 0.321 e. The van der Waals surface area contributed by atoms with Gasteiger partial charge in [0.05, 0.1) is 27.3 Å². The van der Waals surface area contributed by atoms with Gasteiger partial charge in [-0.05, 0) is 50.2 Å². The zero-order chi connectivity index (χ0) is 20.6. The Morgan fingerprint density at radius 2 is 1.93 bits per heavy atom. The van der Waals surface area contributed by atoms with Crippen molar-refractivity contribution in [3.63, 3.8) is 0 Å². The molecular formula is C19H15ClF3N3O2. The third-order valence-corrected chi connectivity index (χ3v) is 4.54. The molecule has 0 aliphatic carbocycles. The second-order valence-electron chi connectivity index (χ2n) is 6.10. The highest BCUT2D eigenvalue weighted by Gasteiger charge is 2.31. The van der Waals surface area contributed by atoms with Crippen LogP contribution in [0.2, 0.25) is 5.02 Å². The van der Waals surface area contributed by atoms with Crippen LogP contribution in [0, 0.1) is 6.92 Å². The van der Waals surface area contributed by atoms with Crippen LogP contribution in [0.25, 0.3) is 11.0 Å². The first-order chi connectivity index (χ1) is 13.1. The fourth-order valence-electron chi connectivity index (χ4n) is 2.82. The minimum atomic E-state index is -4.52. The summed E-state index contributed by atoms with van der Waals surface area (Å²) in [5.74, 6) is -0.558. The minimum absolute atomic E-state index is 0.0578. The lowest BCUT2D eigenvalue weighted by molar-refractivity contribution is -0.137. The van der Waals surface area contributed by atoms with Crippen LogP contribution in [0.15, 0.2) is 41.2 Å². The number of rotatable bonds is 3. The van der Waals surface area contributed by atoms with E-state index in [1.54, 1.807) is 17.6 Å². The summed E-state index contributed by atoms with van der Waals surface area (Å²) in [6, 6.07) is 7.33. The van der Waals surface area contributed by atoms with Crippen LogP contribution in [-0.2, 0) is 12.7 Å². The normalized spacial score (nSPS) is 11.6. The highest BCUT2D eigenvalue weighted by molar-refractivity contribution is 6.34. The maximum absolute atomic E-state index is 12.7. The van der Waals surface area contributed by atoms with E-state index in [0.717, 1.165) is 18.2 Å². The number of fused-ring (bicyclic) bond motifs is 1. The molecule has 3 rings (SSSR count). The van der Waals surface area contributed by atoms with Crippen molar-refractivity contribution in [1.29, 1.82) is 0 Å². The number of halogens is 4.